The zero-order valence-corrected chi connectivity index (χ0v) is 10.9. The zero-order chi connectivity index (χ0) is 12.3. The van der Waals surface area contributed by atoms with E-state index in [9.17, 15) is 4.79 Å². The number of nitrogens with two attached hydrogens (primary N) is 1. The summed E-state index contributed by atoms with van der Waals surface area (Å²) in [6, 6.07) is 0. The number of thioether (sulfide) groups is 1. The van der Waals surface area contributed by atoms with Crippen LogP contribution in [0.2, 0.25) is 0 Å². The fraction of sp³-hybridized carbons (Fsp3) is 0.625. The molecule has 0 spiro atoms. The number of aliphatic carboxylic acids is 1. The molecule has 0 bridgehead atoms. The molecule has 16 heavy (non-hydrogen) atoms. The molecule has 6 nitrogen and oxygen atoms in total. The predicted molar refractivity (Wildman–Crippen MR) is 65.2 cm³/mol. The van der Waals surface area contributed by atoms with Gasteiger partial charge in [0.15, 0.2) is 4.34 Å². The summed E-state index contributed by atoms with van der Waals surface area (Å²) < 4.78 is 0.724. The predicted octanol–water partition coefficient (Wildman–Crippen LogP) is 0.498. The summed E-state index contributed by atoms with van der Waals surface area (Å²) in [4.78, 5) is 12.6. The normalized spacial score (nSPS) is 14.5. The summed E-state index contributed by atoms with van der Waals surface area (Å²) in [5, 5.41) is 17.5. The Balaban J connectivity index is 2.58. The highest BCUT2D eigenvalue weighted by Crippen LogP contribution is 2.28. The van der Waals surface area contributed by atoms with E-state index in [1.165, 1.54) is 30.0 Å². The third kappa shape index (κ3) is 3.32. The molecule has 0 aliphatic heterocycles. The highest BCUT2D eigenvalue weighted by atomic mass is 32.2. The van der Waals surface area contributed by atoms with Crippen LogP contribution in [0.4, 0.5) is 5.13 Å². The standard InChI is InChI=1S/C8H14N4O2S2/c1-8(9,5(13)14)4-15-7-11-10-6(16-7)12(2)3/h4,9H2,1-3H3,(H,13,14). The molecule has 1 rings (SSSR count). The van der Waals surface area contributed by atoms with Gasteiger partial charge in [0.2, 0.25) is 5.13 Å². The number of hydrogen-bond acceptors (Lipinski definition) is 7. The SMILES string of the molecule is CN(C)c1nnc(SCC(C)(N)C(=O)O)s1. The van der Waals surface area contributed by atoms with E-state index in [1.807, 2.05) is 19.0 Å². The maximum absolute atomic E-state index is 10.8. The minimum Gasteiger partial charge on any atom is -0.480 e. The molecule has 8 heteroatoms. The van der Waals surface area contributed by atoms with Crippen molar-refractivity contribution in [3.63, 3.8) is 0 Å². The molecule has 0 radical (unpaired) electrons. The van der Waals surface area contributed by atoms with Gasteiger partial charge in [-0.1, -0.05) is 23.1 Å². The van der Waals surface area contributed by atoms with Crippen LogP contribution in [0.1, 0.15) is 6.92 Å². The number of anilines is 1. The lowest BCUT2D eigenvalue weighted by Crippen LogP contribution is -2.47. The van der Waals surface area contributed by atoms with Gasteiger partial charge >= 0.3 is 5.97 Å². The monoisotopic (exact) mass is 262 g/mol. The molecular weight excluding hydrogens is 248 g/mol. The van der Waals surface area contributed by atoms with Gasteiger partial charge in [-0.3, -0.25) is 4.79 Å². The Kier molecular flexibility index (Phi) is 4.11. The van der Waals surface area contributed by atoms with Crippen LogP contribution >= 0.6 is 23.1 Å². The van der Waals surface area contributed by atoms with Crippen molar-refractivity contribution >= 4 is 34.2 Å². The molecule has 1 heterocycles. The van der Waals surface area contributed by atoms with Crippen LogP contribution in [0.5, 0.6) is 0 Å². The van der Waals surface area contributed by atoms with Gasteiger partial charge < -0.3 is 15.7 Å². The van der Waals surface area contributed by atoms with Crippen molar-refractivity contribution in [3.05, 3.63) is 0 Å². The van der Waals surface area contributed by atoms with Gasteiger partial charge in [0, 0.05) is 19.8 Å². The Labute approximate surface area is 102 Å². The number of carboxylic acid groups (broad SMARTS) is 1. The van der Waals surface area contributed by atoms with Crippen molar-refractivity contribution < 1.29 is 9.90 Å². The van der Waals surface area contributed by atoms with Crippen molar-refractivity contribution in [2.24, 2.45) is 5.73 Å². The molecule has 1 unspecified atom stereocenters. The lowest BCUT2D eigenvalue weighted by Gasteiger charge is -2.16. The molecule has 1 aromatic rings. The Morgan fingerprint density at radius 1 is 1.62 bits per heavy atom. The topological polar surface area (TPSA) is 92.3 Å². The van der Waals surface area contributed by atoms with Crippen LogP contribution in [-0.4, -0.2) is 46.7 Å². The Morgan fingerprint density at radius 3 is 2.69 bits per heavy atom. The first-order chi connectivity index (χ1) is 7.33. The van der Waals surface area contributed by atoms with Crippen molar-refractivity contribution in [2.75, 3.05) is 24.7 Å². The molecule has 1 aromatic heterocycles. The number of nitrogens with zero attached hydrogens (tertiary/aromatic N) is 3. The van der Waals surface area contributed by atoms with Crippen molar-refractivity contribution in [3.8, 4) is 0 Å². The van der Waals surface area contributed by atoms with Crippen molar-refractivity contribution in [1.29, 1.82) is 0 Å². The van der Waals surface area contributed by atoms with E-state index in [2.05, 4.69) is 10.2 Å². The zero-order valence-electron chi connectivity index (χ0n) is 9.30. The number of rotatable bonds is 5. The fourth-order valence-electron chi connectivity index (χ4n) is 0.715. The van der Waals surface area contributed by atoms with E-state index in [0.29, 0.717) is 0 Å². The van der Waals surface area contributed by atoms with E-state index < -0.39 is 11.5 Å². The molecule has 0 aliphatic carbocycles. The Morgan fingerprint density at radius 2 is 2.25 bits per heavy atom. The van der Waals surface area contributed by atoms with Crippen LogP contribution in [0.3, 0.4) is 0 Å². The molecule has 3 N–H and O–H groups in total. The first-order valence-electron chi connectivity index (χ1n) is 4.49. The summed E-state index contributed by atoms with van der Waals surface area (Å²) in [6.07, 6.45) is 0. The van der Waals surface area contributed by atoms with E-state index >= 15 is 0 Å². The third-order valence-corrected chi connectivity index (χ3v) is 4.32. The van der Waals surface area contributed by atoms with Gasteiger partial charge in [0.05, 0.1) is 0 Å². The second-order valence-corrected chi connectivity index (χ2v) is 5.93. The van der Waals surface area contributed by atoms with Crippen molar-refractivity contribution in [2.45, 2.75) is 16.8 Å². The molecule has 0 fully saturated rings. The summed E-state index contributed by atoms with van der Waals surface area (Å²) >= 11 is 2.72. The van der Waals surface area contributed by atoms with Crippen LogP contribution < -0.4 is 10.6 Å². The smallest absolute Gasteiger partial charge is 0.324 e. The first-order valence-corrected chi connectivity index (χ1v) is 6.29. The maximum Gasteiger partial charge on any atom is 0.324 e. The van der Waals surface area contributed by atoms with Crippen molar-refractivity contribution in [1.82, 2.24) is 10.2 Å². The van der Waals surface area contributed by atoms with Gasteiger partial charge in [-0.05, 0) is 6.92 Å². The van der Waals surface area contributed by atoms with Gasteiger partial charge in [-0.25, -0.2) is 0 Å². The van der Waals surface area contributed by atoms with E-state index in [1.54, 1.807) is 0 Å². The van der Waals surface area contributed by atoms with Gasteiger partial charge in [-0.15, -0.1) is 10.2 Å². The molecule has 90 valence electrons. The summed E-state index contributed by atoms with van der Waals surface area (Å²) in [5.41, 5.74) is 4.36. The second kappa shape index (κ2) is 4.98. The van der Waals surface area contributed by atoms with Crippen LogP contribution in [0, 0.1) is 0 Å². The quantitative estimate of drug-likeness (QED) is 0.746. The van der Waals surface area contributed by atoms with Crippen LogP contribution in [-0.2, 0) is 4.79 Å². The van der Waals surface area contributed by atoms with E-state index in [0.717, 1.165) is 9.47 Å². The Bertz CT molecular complexity index is 378. The number of hydrogen-bond donors (Lipinski definition) is 2. The van der Waals surface area contributed by atoms with Gasteiger partial charge in [-0.2, -0.15) is 0 Å². The fourth-order valence-corrected chi connectivity index (χ4v) is 2.50. The highest BCUT2D eigenvalue weighted by molar-refractivity contribution is 8.01. The molecule has 1 atom stereocenters. The molecule has 0 saturated heterocycles. The largest absolute Gasteiger partial charge is 0.480 e. The molecule has 0 amide bonds. The number of carbonyl (C=O) groups is 1. The minimum absolute atomic E-state index is 0.268. The molecule has 0 saturated carbocycles. The van der Waals surface area contributed by atoms with E-state index in [-0.39, 0.29) is 5.75 Å². The average Bonchev–Trinajstić information content (AvgIpc) is 2.63. The molecular formula is C8H14N4O2S2. The third-order valence-electron chi connectivity index (χ3n) is 1.76. The van der Waals surface area contributed by atoms with Crippen LogP contribution in [0.25, 0.3) is 0 Å². The summed E-state index contributed by atoms with van der Waals surface area (Å²) in [6.45, 7) is 1.48. The van der Waals surface area contributed by atoms with Gasteiger partial charge in [0.25, 0.3) is 0 Å². The molecule has 0 aliphatic rings. The lowest BCUT2D eigenvalue weighted by molar-refractivity contribution is -0.141. The Hall–Kier alpha value is -0.860. The highest BCUT2D eigenvalue weighted by Gasteiger charge is 2.28. The first kappa shape index (κ1) is 13.2. The summed E-state index contributed by atoms with van der Waals surface area (Å²) in [5.74, 6) is -0.748. The number of aromatic nitrogens is 2. The second-order valence-electron chi connectivity index (χ2n) is 3.76. The minimum atomic E-state index is -1.24. The lowest BCUT2D eigenvalue weighted by atomic mass is 10.1. The summed E-state index contributed by atoms with van der Waals surface area (Å²) in [7, 11) is 3.75. The average molecular weight is 262 g/mol. The van der Waals surface area contributed by atoms with E-state index in [4.69, 9.17) is 10.8 Å². The van der Waals surface area contributed by atoms with Gasteiger partial charge in [0.1, 0.15) is 5.54 Å². The van der Waals surface area contributed by atoms with Crippen LogP contribution in [0.15, 0.2) is 4.34 Å². The molecule has 0 aromatic carbocycles. The number of carboxylic acids is 1. The maximum atomic E-state index is 10.8.